The number of fused-ring (bicyclic) bond motifs is 1. The normalized spacial score (nSPS) is 11.0. The number of hydrogen-bond acceptors (Lipinski definition) is 3. The van der Waals surface area contributed by atoms with E-state index >= 15 is 0 Å². The van der Waals surface area contributed by atoms with Gasteiger partial charge in [-0.25, -0.2) is 0 Å². The largest absolute Gasteiger partial charge is 0.395 e. The molecule has 0 aliphatic rings. The second-order valence-electron chi connectivity index (χ2n) is 6.96. The lowest BCUT2D eigenvalue weighted by atomic mass is 10.0. The first-order valence-electron chi connectivity index (χ1n) is 8.99. The summed E-state index contributed by atoms with van der Waals surface area (Å²) in [5.41, 5.74) is 4.93. The third-order valence-corrected chi connectivity index (χ3v) is 4.85. The van der Waals surface area contributed by atoms with Gasteiger partial charge in [0.25, 0.3) is 11.5 Å². The molecule has 0 radical (unpaired) electrons. The Morgan fingerprint density at radius 2 is 1.70 bits per heavy atom. The highest BCUT2D eigenvalue weighted by Crippen LogP contribution is 2.18. The smallest absolute Gasteiger partial charge is 0.254 e. The lowest BCUT2D eigenvalue weighted by Gasteiger charge is -2.22. The number of aliphatic hydroxyl groups excluding tert-OH is 1. The summed E-state index contributed by atoms with van der Waals surface area (Å²) in [5, 5.41) is 10.3. The van der Waals surface area contributed by atoms with Crippen LogP contribution < -0.4 is 5.56 Å². The Hall–Kier alpha value is -2.92. The van der Waals surface area contributed by atoms with Crippen molar-refractivity contribution in [2.75, 3.05) is 13.2 Å². The molecule has 0 atom stereocenters. The van der Waals surface area contributed by atoms with Crippen LogP contribution in [-0.2, 0) is 6.54 Å². The van der Waals surface area contributed by atoms with Gasteiger partial charge in [-0.15, -0.1) is 0 Å². The van der Waals surface area contributed by atoms with E-state index in [1.807, 2.05) is 51.1 Å². The molecular formula is C22H24N2O3. The van der Waals surface area contributed by atoms with Crippen molar-refractivity contribution in [1.29, 1.82) is 0 Å². The number of amides is 1. The Balaban J connectivity index is 1.95. The second-order valence-corrected chi connectivity index (χ2v) is 6.96. The molecule has 5 heteroatoms. The highest BCUT2D eigenvalue weighted by atomic mass is 16.3. The number of aromatic amines is 1. The van der Waals surface area contributed by atoms with E-state index in [0.29, 0.717) is 11.1 Å². The standard InChI is InChI=1S/C22H24N2O3/c1-14-4-6-17(7-5-14)22(27)24(8-9-25)13-19-12-18-10-15(2)16(3)11-20(18)23-21(19)26/h4-7,10-12,25H,8-9,13H2,1-3H3,(H,23,26). The maximum atomic E-state index is 12.8. The Kier molecular flexibility index (Phi) is 5.42. The van der Waals surface area contributed by atoms with Gasteiger partial charge in [-0.2, -0.15) is 0 Å². The van der Waals surface area contributed by atoms with E-state index in [-0.39, 0.29) is 31.2 Å². The van der Waals surface area contributed by atoms with Gasteiger partial charge in [0.15, 0.2) is 0 Å². The molecule has 0 aliphatic carbocycles. The van der Waals surface area contributed by atoms with E-state index in [2.05, 4.69) is 4.98 Å². The number of nitrogens with zero attached hydrogens (tertiary/aromatic N) is 1. The number of H-pyrrole nitrogens is 1. The van der Waals surface area contributed by atoms with E-state index in [1.54, 1.807) is 12.1 Å². The molecule has 0 saturated carbocycles. The van der Waals surface area contributed by atoms with Crippen molar-refractivity contribution < 1.29 is 9.90 Å². The first kappa shape index (κ1) is 18.9. The molecule has 0 spiro atoms. The molecule has 1 heterocycles. The molecule has 27 heavy (non-hydrogen) atoms. The fourth-order valence-corrected chi connectivity index (χ4v) is 3.10. The van der Waals surface area contributed by atoms with Gasteiger partial charge in [-0.3, -0.25) is 9.59 Å². The summed E-state index contributed by atoms with van der Waals surface area (Å²) in [4.78, 5) is 29.7. The molecule has 2 N–H and O–H groups in total. The summed E-state index contributed by atoms with van der Waals surface area (Å²) in [6.45, 7) is 6.13. The van der Waals surface area contributed by atoms with Crippen LogP contribution in [0.2, 0.25) is 0 Å². The number of hydrogen-bond donors (Lipinski definition) is 2. The van der Waals surface area contributed by atoms with Gasteiger partial charge in [0.1, 0.15) is 0 Å². The second kappa shape index (κ2) is 7.76. The molecular weight excluding hydrogens is 340 g/mol. The molecule has 0 unspecified atom stereocenters. The average molecular weight is 364 g/mol. The number of carbonyl (C=O) groups is 1. The third kappa shape index (κ3) is 4.09. The molecule has 2 aromatic carbocycles. The summed E-state index contributed by atoms with van der Waals surface area (Å²) < 4.78 is 0. The predicted molar refractivity (Wildman–Crippen MR) is 107 cm³/mol. The lowest BCUT2D eigenvalue weighted by Crippen LogP contribution is -2.35. The van der Waals surface area contributed by atoms with Crippen molar-refractivity contribution in [3.05, 3.63) is 80.6 Å². The van der Waals surface area contributed by atoms with Gasteiger partial charge >= 0.3 is 0 Å². The van der Waals surface area contributed by atoms with Crippen LogP contribution >= 0.6 is 0 Å². The summed E-state index contributed by atoms with van der Waals surface area (Å²) in [7, 11) is 0. The molecule has 0 aliphatic heterocycles. The number of aliphatic hydroxyl groups is 1. The quantitative estimate of drug-likeness (QED) is 0.731. The Morgan fingerprint density at radius 3 is 2.37 bits per heavy atom. The lowest BCUT2D eigenvalue weighted by molar-refractivity contribution is 0.0707. The zero-order chi connectivity index (χ0) is 19.6. The first-order chi connectivity index (χ1) is 12.9. The number of pyridine rings is 1. The molecule has 3 aromatic rings. The minimum atomic E-state index is -0.217. The number of rotatable bonds is 5. The van der Waals surface area contributed by atoms with Crippen LogP contribution in [0.5, 0.6) is 0 Å². The van der Waals surface area contributed by atoms with Gasteiger partial charge < -0.3 is 15.0 Å². The summed E-state index contributed by atoms with van der Waals surface area (Å²) in [6.07, 6.45) is 0. The summed E-state index contributed by atoms with van der Waals surface area (Å²) in [6, 6.07) is 13.1. The number of carbonyl (C=O) groups excluding carboxylic acids is 1. The van der Waals surface area contributed by atoms with Crippen LogP contribution in [0.4, 0.5) is 0 Å². The minimum absolute atomic E-state index is 0.144. The number of aryl methyl sites for hydroxylation is 3. The highest BCUT2D eigenvalue weighted by molar-refractivity contribution is 5.94. The molecule has 3 rings (SSSR count). The van der Waals surface area contributed by atoms with E-state index < -0.39 is 0 Å². The van der Waals surface area contributed by atoms with Crippen LogP contribution in [0.3, 0.4) is 0 Å². The van der Waals surface area contributed by atoms with Crippen molar-refractivity contribution in [3.63, 3.8) is 0 Å². The summed E-state index contributed by atoms with van der Waals surface area (Å²) in [5.74, 6) is -0.205. The molecule has 1 amide bonds. The van der Waals surface area contributed by atoms with Crippen molar-refractivity contribution in [3.8, 4) is 0 Å². The molecule has 5 nitrogen and oxygen atoms in total. The highest BCUT2D eigenvalue weighted by Gasteiger charge is 2.17. The Labute approximate surface area is 158 Å². The maximum Gasteiger partial charge on any atom is 0.254 e. The van der Waals surface area contributed by atoms with Crippen molar-refractivity contribution >= 4 is 16.8 Å². The third-order valence-electron chi connectivity index (χ3n) is 4.85. The van der Waals surface area contributed by atoms with Crippen LogP contribution in [-0.4, -0.2) is 34.0 Å². The Morgan fingerprint density at radius 1 is 1.04 bits per heavy atom. The van der Waals surface area contributed by atoms with Crippen molar-refractivity contribution in [2.24, 2.45) is 0 Å². The molecule has 0 bridgehead atoms. The monoisotopic (exact) mass is 364 g/mol. The fraction of sp³-hybridized carbons (Fsp3) is 0.273. The molecule has 140 valence electrons. The van der Waals surface area contributed by atoms with E-state index in [0.717, 1.165) is 27.6 Å². The van der Waals surface area contributed by atoms with E-state index in [9.17, 15) is 14.7 Å². The van der Waals surface area contributed by atoms with Crippen molar-refractivity contribution in [1.82, 2.24) is 9.88 Å². The van der Waals surface area contributed by atoms with Crippen LogP contribution in [0, 0.1) is 20.8 Å². The van der Waals surface area contributed by atoms with Crippen molar-refractivity contribution in [2.45, 2.75) is 27.3 Å². The predicted octanol–water partition coefficient (Wildman–Crippen LogP) is 3.09. The Bertz CT molecular complexity index is 1040. The summed E-state index contributed by atoms with van der Waals surface area (Å²) >= 11 is 0. The zero-order valence-corrected chi connectivity index (χ0v) is 15.9. The SMILES string of the molecule is Cc1ccc(C(=O)N(CCO)Cc2cc3cc(C)c(C)cc3[nH]c2=O)cc1. The van der Waals surface area contributed by atoms with E-state index in [1.165, 1.54) is 4.90 Å². The van der Waals surface area contributed by atoms with Gasteiger partial charge in [0, 0.05) is 23.2 Å². The molecule has 0 fully saturated rings. The molecule has 1 aromatic heterocycles. The maximum absolute atomic E-state index is 12.8. The zero-order valence-electron chi connectivity index (χ0n) is 15.9. The van der Waals surface area contributed by atoms with Gasteiger partial charge in [0.05, 0.1) is 13.2 Å². The van der Waals surface area contributed by atoms with Crippen LogP contribution in [0.1, 0.15) is 32.6 Å². The van der Waals surface area contributed by atoms with E-state index in [4.69, 9.17) is 0 Å². The topological polar surface area (TPSA) is 73.4 Å². The number of aromatic nitrogens is 1. The van der Waals surface area contributed by atoms with Gasteiger partial charge in [0.2, 0.25) is 0 Å². The molecule has 0 saturated heterocycles. The average Bonchev–Trinajstić information content (AvgIpc) is 2.63. The van der Waals surface area contributed by atoms with Gasteiger partial charge in [-0.05, 0) is 67.6 Å². The fourth-order valence-electron chi connectivity index (χ4n) is 3.10. The minimum Gasteiger partial charge on any atom is -0.395 e. The number of nitrogens with one attached hydrogen (secondary N) is 1. The van der Waals surface area contributed by atoms with Crippen LogP contribution in [0.25, 0.3) is 10.9 Å². The van der Waals surface area contributed by atoms with Crippen LogP contribution in [0.15, 0.2) is 47.3 Å². The first-order valence-corrected chi connectivity index (χ1v) is 8.99. The van der Waals surface area contributed by atoms with Gasteiger partial charge in [-0.1, -0.05) is 17.7 Å². The number of benzene rings is 2.